The SMILES string of the molecule is Cn1cncc1COc1cc(F)ccc1[N+](=O)[O-]. The van der Waals surface area contributed by atoms with Gasteiger partial charge < -0.3 is 9.30 Å². The number of benzene rings is 1. The zero-order valence-corrected chi connectivity index (χ0v) is 9.54. The highest BCUT2D eigenvalue weighted by Gasteiger charge is 2.16. The Labute approximate surface area is 102 Å². The predicted molar refractivity (Wildman–Crippen MR) is 60.6 cm³/mol. The van der Waals surface area contributed by atoms with Gasteiger partial charge in [-0.2, -0.15) is 0 Å². The van der Waals surface area contributed by atoms with Crippen molar-refractivity contribution >= 4 is 5.69 Å². The van der Waals surface area contributed by atoms with Crippen LogP contribution >= 0.6 is 0 Å². The molecular weight excluding hydrogens is 241 g/mol. The van der Waals surface area contributed by atoms with Crippen molar-refractivity contribution in [1.82, 2.24) is 9.55 Å². The average molecular weight is 251 g/mol. The number of aromatic nitrogens is 2. The second-order valence-corrected chi connectivity index (χ2v) is 3.65. The summed E-state index contributed by atoms with van der Waals surface area (Å²) in [6.45, 7) is 0.0841. The molecule has 0 spiro atoms. The molecule has 6 nitrogen and oxygen atoms in total. The quantitative estimate of drug-likeness (QED) is 0.616. The van der Waals surface area contributed by atoms with Gasteiger partial charge in [-0.05, 0) is 6.07 Å². The molecule has 0 unspecified atom stereocenters. The standard InChI is InChI=1S/C11H10FN3O3/c1-14-7-13-5-9(14)6-18-11-4-8(12)2-3-10(11)15(16)17/h2-5,7H,6H2,1H3. The third-order valence-electron chi connectivity index (χ3n) is 2.41. The van der Waals surface area contributed by atoms with Crippen LogP contribution in [0.15, 0.2) is 30.7 Å². The predicted octanol–water partition coefficient (Wildman–Crippen LogP) is 2.05. The van der Waals surface area contributed by atoms with Crippen LogP contribution in [0.3, 0.4) is 0 Å². The van der Waals surface area contributed by atoms with E-state index in [-0.39, 0.29) is 18.0 Å². The maximum absolute atomic E-state index is 13.0. The van der Waals surface area contributed by atoms with Gasteiger partial charge >= 0.3 is 5.69 Å². The monoisotopic (exact) mass is 251 g/mol. The van der Waals surface area contributed by atoms with Crippen LogP contribution < -0.4 is 4.74 Å². The normalized spacial score (nSPS) is 10.3. The van der Waals surface area contributed by atoms with Gasteiger partial charge in [0.2, 0.25) is 0 Å². The Morgan fingerprint density at radius 2 is 2.33 bits per heavy atom. The molecule has 0 aliphatic heterocycles. The molecule has 18 heavy (non-hydrogen) atoms. The molecule has 0 amide bonds. The molecule has 0 aliphatic rings. The Kier molecular flexibility index (Phi) is 3.22. The van der Waals surface area contributed by atoms with E-state index in [1.807, 2.05) is 0 Å². The number of hydrogen-bond donors (Lipinski definition) is 0. The number of hydrogen-bond acceptors (Lipinski definition) is 4. The van der Waals surface area contributed by atoms with Crippen LogP contribution in [0.4, 0.5) is 10.1 Å². The summed E-state index contributed by atoms with van der Waals surface area (Å²) >= 11 is 0. The highest BCUT2D eigenvalue weighted by atomic mass is 19.1. The third-order valence-corrected chi connectivity index (χ3v) is 2.41. The Balaban J connectivity index is 2.20. The maximum atomic E-state index is 13.0. The van der Waals surface area contributed by atoms with Gasteiger partial charge in [0, 0.05) is 19.2 Å². The summed E-state index contributed by atoms with van der Waals surface area (Å²) in [4.78, 5) is 14.0. The van der Waals surface area contributed by atoms with Gasteiger partial charge in [-0.25, -0.2) is 9.37 Å². The molecule has 0 bridgehead atoms. The average Bonchev–Trinajstić information content (AvgIpc) is 2.72. The summed E-state index contributed by atoms with van der Waals surface area (Å²) in [5.41, 5.74) is 0.465. The van der Waals surface area contributed by atoms with Gasteiger partial charge in [-0.3, -0.25) is 10.1 Å². The minimum absolute atomic E-state index is 0.0841. The minimum Gasteiger partial charge on any atom is -0.480 e. The van der Waals surface area contributed by atoms with Crippen LogP contribution in [0.1, 0.15) is 5.69 Å². The van der Waals surface area contributed by atoms with Crippen molar-refractivity contribution in [2.75, 3.05) is 0 Å². The molecule has 1 aromatic heterocycles. The smallest absolute Gasteiger partial charge is 0.311 e. The molecule has 2 rings (SSSR count). The van der Waals surface area contributed by atoms with Gasteiger partial charge in [0.15, 0.2) is 5.75 Å². The first-order chi connectivity index (χ1) is 8.58. The lowest BCUT2D eigenvalue weighted by atomic mass is 10.3. The number of nitrogens with zero attached hydrogens (tertiary/aromatic N) is 3. The van der Waals surface area contributed by atoms with Crippen molar-refractivity contribution in [3.05, 3.63) is 52.3 Å². The van der Waals surface area contributed by atoms with Crippen molar-refractivity contribution in [2.24, 2.45) is 7.05 Å². The lowest BCUT2D eigenvalue weighted by Gasteiger charge is -2.07. The zero-order valence-electron chi connectivity index (χ0n) is 9.54. The first kappa shape index (κ1) is 12.0. The molecule has 1 heterocycles. The molecule has 0 radical (unpaired) electrons. The molecule has 0 fully saturated rings. The van der Waals surface area contributed by atoms with Crippen molar-refractivity contribution in [2.45, 2.75) is 6.61 Å². The first-order valence-corrected chi connectivity index (χ1v) is 5.10. The molecular formula is C11H10FN3O3. The van der Waals surface area contributed by atoms with Crippen LogP contribution in [-0.2, 0) is 13.7 Å². The summed E-state index contributed by atoms with van der Waals surface area (Å²) < 4.78 is 20.0. The van der Waals surface area contributed by atoms with E-state index in [0.717, 1.165) is 23.9 Å². The molecule has 0 saturated carbocycles. The second-order valence-electron chi connectivity index (χ2n) is 3.65. The van der Waals surface area contributed by atoms with Gasteiger partial charge in [0.25, 0.3) is 0 Å². The van der Waals surface area contributed by atoms with E-state index in [9.17, 15) is 14.5 Å². The van der Waals surface area contributed by atoms with E-state index >= 15 is 0 Å². The molecule has 0 aliphatic carbocycles. The van der Waals surface area contributed by atoms with E-state index in [4.69, 9.17) is 4.74 Å². The number of aryl methyl sites for hydroxylation is 1. The molecule has 0 atom stereocenters. The number of halogens is 1. The molecule has 7 heteroatoms. The van der Waals surface area contributed by atoms with Crippen LogP contribution in [-0.4, -0.2) is 14.5 Å². The Morgan fingerprint density at radius 3 is 2.94 bits per heavy atom. The minimum atomic E-state index is -0.613. The van der Waals surface area contributed by atoms with Crippen molar-refractivity contribution in [3.8, 4) is 5.75 Å². The van der Waals surface area contributed by atoms with Gasteiger partial charge in [-0.1, -0.05) is 0 Å². The number of nitro benzene ring substituents is 1. The van der Waals surface area contributed by atoms with Crippen LogP contribution in [0, 0.1) is 15.9 Å². The number of imidazole rings is 1. The van der Waals surface area contributed by atoms with E-state index < -0.39 is 10.7 Å². The largest absolute Gasteiger partial charge is 0.480 e. The molecule has 1 aromatic carbocycles. The third kappa shape index (κ3) is 2.45. The fourth-order valence-corrected chi connectivity index (χ4v) is 1.43. The zero-order chi connectivity index (χ0) is 13.1. The van der Waals surface area contributed by atoms with Gasteiger partial charge in [0.1, 0.15) is 12.4 Å². The lowest BCUT2D eigenvalue weighted by Crippen LogP contribution is -2.03. The number of nitro groups is 1. The summed E-state index contributed by atoms with van der Waals surface area (Å²) in [6.07, 6.45) is 3.16. The van der Waals surface area contributed by atoms with E-state index in [1.165, 1.54) is 0 Å². The second kappa shape index (κ2) is 4.82. The summed E-state index contributed by atoms with van der Waals surface area (Å²) in [5, 5.41) is 10.7. The van der Waals surface area contributed by atoms with Gasteiger partial charge in [0.05, 0.1) is 23.1 Å². The fourth-order valence-electron chi connectivity index (χ4n) is 1.43. The topological polar surface area (TPSA) is 70.2 Å². The van der Waals surface area contributed by atoms with E-state index in [2.05, 4.69) is 4.98 Å². The van der Waals surface area contributed by atoms with Crippen LogP contribution in [0.5, 0.6) is 5.75 Å². The first-order valence-electron chi connectivity index (χ1n) is 5.10. The van der Waals surface area contributed by atoms with Crippen molar-refractivity contribution in [3.63, 3.8) is 0 Å². The van der Waals surface area contributed by atoms with Crippen LogP contribution in [0.2, 0.25) is 0 Å². The lowest BCUT2D eigenvalue weighted by molar-refractivity contribution is -0.386. The summed E-state index contributed by atoms with van der Waals surface area (Å²) in [6, 6.07) is 3.09. The van der Waals surface area contributed by atoms with Gasteiger partial charge in [-0.15, -0.1) is 0 Å². The fraction of sp³-hybridized carbons (Fsp3) is 0.182. The summed E-state index contributed by atoms with van der Waals surface area (Å²) in [5.74, 6) is -0.679. The number of rotatable bonds is 4. The molecule has 0 N–H and O–H groups in total. The van der Waals surface area contributed by atoms with Crippen LogP contribution in [0.25, 0.3) is 0 Å². The maximum Gasteiger partial charge on any atom is 0.311 e. The van der Waals surface area contributed by atoms with Crippen molar-refractivity contribution in [1.29, 1.82) is 0 Å². The summed E-state index contributed by atoms with van der Waals surface area (Å²) in [7, 11) is 1.77. The molecule has 94 valence electrons. The van der Waals surface area contributed by atoms with Crippen molar-refractivity contribution < 1.29 is 14.1 Å². The Morgan fingerprint density at radius 1 is 1.56 bits per heavy atom. The molecule has 0 saturated heterocycles. The molecule has 2 aromatic rings. The number of ether oxygens (including phenoxy) is 1. The Hall–Kier alpha value is -2.44. The van der Waals surface area contributed by atoms with E-state index in [1.54, 1.807) is 24.1 Å². The highest BCUT2D eigenvalue weighted by molar-refractivity contribution is 5.46. The highest BCUT2D eigenvalue weighted by Crippen LogP contribution is 2.28. The van der Waals surface area contributed by atoms with E-state index in [0.29, 0.717) is 0 Å². The Bertz CT molecular complexity index is 583.